The topological polar surface area (TPSA) is 86.2 Å². The lowest BCUT2D eigenvalue weighted by molar-refractivity contribution is -0.148. The molecule has 1 saturated carbocycles. The fourth-order valence-corrected chi connectivity index (χ4v) is 4.78. The van der Waals surface area contributed by atoms with Crippen LogP contribution in [0.3, 0.4) is 0 Å². The average molecular weight is 454 g/mol. The van der Waals surface area contributed by atoms with Gasteiger partial charge in [-0.1, -0.05) is 17.7 Å². The van der Waals surface area contributed by atoms with E-state index >= 15 is 0 Å². The Morgan fingerprint density at radius 2 is 1.91 bits per heavy atom. The van der Waals surface area contributed by atoms with Crippen LogP contribution in [-0.2, 0) is 16.1 Å². The first kappa shape index (κ1) is 22.0. The zero-order chi connectivity index (χ0) is 22.8. The van der Waals surface area contributed by atoms with Crippen molar-refractivity contribution in [3.63, 3.8) is 0 Å². The first-order valence-corrected chi connectivity index (χ1v) is 10.9. The van der Waals surface area contributed by atoms with Crippen LogP contribution in [0, 0.1) is 11.3 Å². The first-order chi connectivity index (χ1) is 15.4. The van der Waals surface area contributed by atoms with Crippen molar-refractivity contribution in [2.45, 2.75) is 51.3 Å². The molecule has 1 heterocycles. The third-order valence-electron chi connectivity index (χ3n) is 5.99. The predicted octanol–water partition coefficient (Wildman–Crippen LogP) is 4.43. The van der Waals surface area contributed by atoms with Gasteiger partial charge in [-0.05, 0) is 61.6 Å². The number of carbonyl (C=O) groups excluding carboxylic acids is 1. The summed E-state index contributed by atoms with van der Waals surface area (Å²) < 4.78 is 14.1. The van der Waals surface area contributed by atoms with Gasteiger partial charge in [-0.25, -0.2) is 4.79 Å². The third kappa shape index (κ3) is 4.23. The van der Waals surface area contributed by atoms with E-state index in [1.165, 1.54) is 6.92 Å². The Labute approximate surface area is 190 Å². The van der Waals surface area contributed by atoms with Crippen molar-refractivity contribution >= 4 is 28.6 Å². The summed E-state index contributed by atoms with van der Waals surface area (Å²) in [4.78, 5) is 24.8. The highest BCUT2D eigenvalue weighted by atomic mass is 35.5. The van der Waals surface area contributed by atoms with Crippen LogP contribution in [0.5, 0.6) is 5.75 Å². The zero-order valence-electron chi connectivity index (χ0n) is 18.0. The Hall–Kier alpha value is -3.24. The lowest BCUT2D eigenvalue weighted by Gasteiger charge is -2.28. The smallest absolute Gasteiger partial charge is 0.329 e. The van der Waals surface area contributed by atoms with Crippen LogP contribution in [0.4, 0.5) is 0 Å². The Balaban J connectivity index is 1.73. The standard InChI is InChI=1S/C24H24ClN3O4/c1-15(29)32-19-7-5-18(6-8-19)28-21-9-3-16(13-26)12-22(21)27(24(28)30)14-17-4-10-23(31-2)20(25)11-17/h3-4,9-12,18-19H,5-8,14H2,1-2H3/t18-,19+. The average Bonchev–Trinajstić information content (AvgIpc) is 3.05. The second-order valence-electron chi connectivity index (χ2n) is 8.06. The number of hydrogen-bond donors (Lipinski definition) is 0. The maximum absolute atomic E-state index is 13.6. The van der Waals surface area contributed by atoms with Crippen molar-refractivity contribution in [1.82, 2.24) is 9.13 Å². The largest absolute Gasteiger partial charge is 0.495 e. The fraction of sp³-hybridized carbons (Fsp3) is 0.375. The Morgan fingerprint density at radius 3 is 2.53 bits per heavy atom. The van der Waals surface area contributed by atoms with Crippen LogP contribution < -0.4 is 10.4 Å². The number of fused-ring (bicyclic) bond motifs is 1. The van der Waals surface area contributed by atoms with E-state index in [1.54, 1.807) is 35.9 Å². The molecule has 0 spiro atoms. The number of esters is 1. The summed E-state index contributed by atoms with van der Waals surface area (Å²) in [6.45, 7) is 1.74. The van der Waals surface area contributed by atoms with E-state index in [0.29, 0.717) is 41.2 Å². The minimum absolute atomic E-state index is 0.00505. The maximum atomic E-state index is 13.6. The molecule has 2 aromatic carbocycles. The van der Waals surface area contributed by atoms with Gasteiger partial charge in [-0.2, -0.15) is 5.26 Å². The monoisotopic (exact) mass is 453 g/mol. The van der Waals surface area contributed by atoms with Gasteiger partial charge in [0.1, 0.15) is 11.9 Å². The number of imidazole rings is 1. The van der Waals surface area contributed by atoms with Crippen LogP contribution in [0.25, 0.3) is 11.0 Å². The summed E-state index contributed by atoms with van der Waals surface area (Å²) in [5.41, 5.74) is 2.73. The summed E-state index contributed by atoms with van der Waals surface area (Å²) in [7, 11) is 1.55. The highest BCUT2D eigenvalue weighted by Crippen LogP contribution is 2.32. The van der Waals surface area contributed by atoms with E-state index in [2.05, 4.69) is 6.07 Å². The molecule has 8 heteroatoms. The van der Waals surface area contributed by atoms with Crippen LogP contribution in [0.2, 0.25) is 5.02 Å². The Morgan fingerprint density at radius 1 is 1.16 bits per heavy atom. The van der Waals surface area contributed by atoms with Gasteiger partial charge >= 0.3 is 11.7 Å². The normalized spacial score (nSPS) is 18.3. The molecular weight excluding hydrogens is 430 g/mol. The maximum Gasteiger partial charge on any atom is 0.329 e. The molecule has 1 fully saturated rings. The Kier molecular flexibility index (Phi) is 6.24. The molecule has 1 aromatic heterocycles. The van der Waals surface area contributed by atoms with Gasteiger partial charge < -0.3 is 9.47 Å². The highest BCUT2D eigenvalue weighted by Gasteiger charge is 2.28. The lowest BCUT2D eigenvalue weighted by atomic mass is 9.92. The van der Waals surface area contributed by atoms with Crippen LogP contribution >= 0.6 is 11.6 Å². The van der Waals surface area contributed by atoms with E-state index in [9.17, 15) is 14.9 Å². The molecule has 0 amide bonds. The van der Waals surface area contributed by atoms with E-state index < -0.39 is 0 Å². The van der Waals surface area contributed by atoms with Crippen LogP contribution in [0.1, 0.15) is 49.8 Å². The SMILES string of the molecule is COc1ccc(Cn2c(=O)n([C@H]3CC[C@@H](OC(C)=O)CC3)c3ccc(C#N)cc32)cc1Cl. The molecular formula is C24H24ClN3O4. The highest BCUT2D eigenvalue weighted by molar-refractivity contribution is 6.32. The van der Waals surface area contributed by atoms with Gasteiger partial charge in [-0.3, -0.25) is 13.9 Å². The number of carbonyl (C=O) groups is 1. The Bertz CT molecular complexity index is 1260. The molecule has 0 unspecified atom stereocenters. The number of hydrogen-bond acceptors (Lipinski definition) is 5. The lowest BCUT2D eigenvalue weighted by Crippen LogP contribution is -2.32. The van der Waals surface area contributed by atoms with Crippen molar-refractivity contribution in [2.75, 3.05) is 7.11 Å². The predicted molar refractivity (Wildman–Crippen MR) is 121 cm³/mol. The number of methoxy groups -OCH3 is 1. The number of benzene rings is 2. The molecule has 0 N–H and O–H groups in total. The van der Waals surface area contributed by atoms with Crippen molar-refractivity contribution < 1.29 is 14.3 Å². The molecule has 0 atom stereocenters. The van der Waals surface area contributed by atoms with Gasteiger partial charge in [0.2, 0.25) is 0 Å². The van der Waals surface area contributed by atoms with Crippen LogP contribution in [-0.4, -0.2) is 28.3 Å². The second-order valence-corrected chi connectivity index (χ2v) is 8.47. The number of ether oxygens (including phenoxy) is 2. The zero-order valence-corrected chi connectivity index (χ0v) is 18.8. The summed E-state index contributed by atoms with van der Waals surface area (Å²) in [6.07, 6.45) is 2.82. The van der Waals surface area contributed by atoms with Gasteiger partial charge in [-0.15, -0.1) is 0 Å². The molecule has 0 bridgehead atoms. The number of aromatic nitrogens is 2. The molecule has 1 aliphatic carbocycles. The summed E-state index contributed by atoms with van der Waals surface area (Å²) >= 11 is 6.28. The van der Waals surface area contributed by atoms with E-state index in [-0.39, 0.29) is 23.8 Å². The van der Waals surface area contributed by atoms with E-state index in [4.69, 9.17) is 21.1 Å². The second kappa shape index (κ2) is 9.09. The van der Waals surface area contributed by atoms with Gasteiger partial charge in [0, 0.05) is 13.0 Å². The fourth-order valence-electron chi connectivity index (χ4n) is 4.50. The minimum Gasteiger partial charge on any atom is -0.495 e. The van der Waals surface area contributed by atoms with E-state index in [1.807, 2.05) is 16.7 Å². The van der Waals surface area contributed by atoms with Crippen molar-refractivity contribution in [1.29, 1.82) is 5.26 Å². The molecule has 0 aliphatic heterocycles. The van der Waals surface area contributed by atoms with E-state index in [0.717, 1.165) is 23.9 Å². The van der Waals surface area contributed by atoms with Gasteiger partial charge in [0.15, 0.2) is 0 Å². The quantitative estimate of drug-likeness (QED) is 0.533. The van der Waals surface area contributed by atoms with Crippen molar-refractivity contribution in [2.24, 2.45) is 0 Å². The minimum atomic E-state index is -0.274. The number of nitriles is 1. The summed E-state index contributed by atoms with van der Waals surface area (Å²) in [5.74, 6) is 0.297. The molecule has 0 radical (unpaired) electrons. The number of nitrogens with zero attached hydrogens (tertiary/aromatic N) is 3. The summed E-state index contributed by atoms with van der Waals surface area (Å²) in [6, 6.07) is 12.9. The van der Waals surface area contributed by atoms with Crippen molar-refractivity contribution in [3.05, 3.63) is 63.0 Å². The molecule has 166 valence electrons. The third-order valence-corrected chi connectivity index (χ3v) is 6.29. The summed E-state index contributed by atoms with van der Waals surface area (Å²) in [5, 5.41) is 9.86. The number of rotatable bonds is 5. The first-order valence-electron chi connectivity index (χ1n) is 10.6. The van der Waals surface area contributed by atoms with Gasteiger partial charge in [0.25, 0.3) is 0 Å². The number of halogens is 1. The molecule has 4 rings (SSSR count). The van der Waals surface area contributed by atoms with Gasteiger partial charge in [0.05, 0.1) is 41.3 Å². The molecule has 7 nitrogen and oxygen atoms in total. The van der Waals surface area contributed by atoms with Crippen LogP contribution in [0.15, 0.2) is 41.2 Å². The molecule has 3 aromatic rings. The molecule has 1 aliphatic rings. The molecule has 32 heavy (non-hydrogen) atoms. The van der Waals surface area contributed by atoms with Crippen molar-refractivity contribution in [3.8, 4) is 11.8 Å². The molecule has 0 saturated heterocycles.